The number of aromatic nitrogens is 2. The molecule has 0 bridgehead atoms. The van der Waals surface area contributed by atoms with Crippen LogP contribution in [0.1, 0.15) is 18.6 Å². The third-order valence-corrected chi connectivity index (χ3v) is 3.98. The summed E-state index contributed by atoms with van der Waals surface area (Å²) in [5.74, 6) is -1.17. The molecule has 1 unspecified atom stereocenters. The molecule has 0 fully saturated rings. The lowest BCUT2D eigenvalue weighted by Crippen LogP contribution is -2.26. The molecule has 25 heavy (non-hydrogen) atoms. The van der Waals surface area contributed by atoms with Gasteiger partial charge in [-0.2, -0.15) is 4.98 Å². The van der Waals surface area contributed by atoms with E-state index in [0.29, 0.717) is 21.5 Å². The summed E-state index contributed by atoms with van der Waals surface area (Å²) in [6.45, 7) is 2.04. The van der Waals surface area contributed by atoms with Crippen LogP contribution in [-0.2, 0) is 11.3 Å². The van der Waals surface area contributed by atoms with Gasteiger partial charge in [-0.25, -0.2) is 4.79 Å². The van der Waals surface area contributed by atoms with Gasteiger partial charge in [0.05, 0.1) is 10.9 Å². The highest BCUT2D eigenvalue weighted by Crippen LogP contribution is 2.23. The maximum Gasteiger partial charge on any atom is 0.349 e. The fourth-order valence-electron chi connectivity index (χ4n) is 2.54. The lowest BCUT2D eigenvalue weighted by molar-refractivity contribution is -0.145. The summed E-state index contributed by atoms with van der Waals surface area (Å²) >= 11 is 5.95. The highest BCUT2D eigenvalue weighted by atomic mass is 35.5. The number of aliphatic carboxylic acids is 1. The van der Waals surface area contributed by atoms with E-state index in [1.807, 2.05) is 0 Å². The van der Waals surface area contributed by atoms with Gasteiger partial charge in [-0.1, -0.05) is 41.9 Å². The average Bonchev–Trinajstić information content (AvgIpc) is 2.61. The lowest BCUT2D eigenvalue weighted by atomic mass is 10.1. The van der Waals surface area contributed by atoms with Gasteiger partial charge in [0.25, 0.3) is 5.56 Å². The highest BCUT2D eigenvalue weighted by molar-refractivity contribution is 6.31. The molecule has 0 saturated carbocycles. The monoisotopic (exact) mass is 358 g/mol. The molecule has 0 radical (unpaired) electrons. The topological polar surface area (TPSA) is 81.4 Å². The second-order valence-electron chi connectivity index (χ2n) is 5.35. The molecular formula is C18H15ClN2O4. The largest absolute Gasteiger partial charge is 0.478 e. The summed E-state index contributed by atoms with van der Waals surface area (Å²) in [7, 11) is 0. The smallest absolute Gasteiger partial charge is 0.349 e. The number of nitrogens with zero attached hydrogens (tertiary/aromatic N) is 2. The zero-order chi connectivity index (χ0) is 18.0. The molecule has 7 heteroatoms. The minimum atomic E-state index is -1.27. The van der Waals surface area contributed by atoms with E-state index in [2.05, 4.69) is 4.98 Å². The van der Waals surface area contributed by atoms with Crippen molar-refractivity contribution in [1.82, 2.24) is 9.55 Å². The number of carboxylic acids is 1. The molecule has 0 spiro atoms. The zero-order valence-corrected chi connectivity index (χ0v) is 14.1. The van der Waals surface area contributed by atoms with E-state index in [1.54, 1.807) is 49.4 Å². The number of halogens is 1. The van der Waals surface area contributed by atoms with Crippen molar-refractivity contribution in [3.63, 3.8) is 0 Å². The lowest BCUT2D eigenvalue weighted by Gasteiger charge is -2.18. The molecule has 0 aliphatic heterocycles. The van der Waals surface area contributed by atoms with Crippen LogP contribution in [0.3, 0.4) is 0 Å². The Bertz CT molecular complexity index is 986. The molecule has 1 N–H and O–H groups in total. The van der Waals surface area contributed by atoms with E-state index in [-0.39, 0.29) is 18.1 Å². The van der Waals surface area contributed by atoms with Crippen molar-refractivity contribution in [3.05, 3.63) is 69.5 Å². The Morgan fingerprint density at radius 2 is 2.00 bits per heavy atom. The fraction of sp³-hybridized carbons (Fsp3) is 0.167. The molecule has 1 aromatic heterocycles. The minimum Gasteiger partial charge on any atom is -0.478 e. The van der Waals surface area contributed by atoms with E-state index < -0.39 is 12.1 Å². The first-order chi connectivity index (χ1) is 12.0. The fourth-order valence-corrected chi connectivity index (χ4v) is 2.71. The first-order valence-electron chi connectivity index (χ1n) is 7.65. The van der Waals surface area contributed by atoms with Crippen LogP contribution < -0.4 is 10.3 Å². The van der Waals surface area contributed by atoms with Gasteiger partial charge in [0.2, 0.25) is 6.10 Å². The van der Waals surface area contributed by atoms with Crippen molar-refractivity contribution < 1.29 is 14.6 Å². The first kappa shape index (κ1) is 17.0. The van der Waals surface area contributed by atoms with Crippen molar-refractivity contribution in [2.45, 2.75) is 19.6 Å². The molecule has 3 rings (SSSR count). The summed E-state index contributed by atoms with van der Waals surface area (Å²) < 4.78 is 6.91. The van der Waals surface area contributed by atoms with Gasteiger partial charge in [-0.3, -0.25) is 9.36 Å². The maximum atomic E-state index is 12.7. The van der Waals surface area contributed by atoms with E-state index in [4.69, 9.17) is 16.3 Å². The van der Waals surface area contributed by atoms with Gasteiger partial charge in [0.15, 0.2) is 0 Å². The standard InChI is InChI=1S/C18H15ClN2O4/c1-2-21-16(22)13-10-12(19)8-9-14(13)20-18(21)25-15(17(23)24)11-6-4-3-5-7-11/h3-10,15H,2H2,1H3,(H,23,24). The van der Waals surface area contributed by atoms with Crippen LogP contribution in [0.25, 0.3) is 10.9 Å². The van der Waals surface area contributed by atoms with E-state index in [0.717, 1.165) is 0 Å². The van der Waals surface area contributed by atoms with Crippen molar-refractivity contribution in [1.29, 1.82) is 0 Å². The number of rotatable bonds is 5. The molecule has 2 aromatic carbocycles. The Morgan fingerprint density at radius 3 is 2.64 bits per heavy atom. The molecule has 128 valence electrons. The van der Waals surface area contributed by atoms with E-state index >= 15 is 0 Å². The van der Waals surface area contributed by atoms with Crippen LogP contribution in [0, 0.1) is 0 Å². The number of hydrogen-bond donors (Lipinski definition) is 1. The predicted molar refractivity (Wildman–Crippen MR) is 94.1 cm³/mol. The van der Waals surface area contributed by atoms with Crippen molar-refractivity contribution in [2.75, 3.05) is 0 Å². The van der Waals surface area contributed by atoms with Crippen LogP contribution in [0.15, 0.2) is 53.3 Å². The van der Waals surface area contributed by atoms with Crippen LogP contribution >= 0.6 is 11.6 Å². The van der Waals surface area contributed by atoms with Crippen LogP contribution in [0.4, 0.5) is 0 Å². The quantitative estimate of drug-likeness (QED) is 0.757. The van der Waals surface area contributed by atoms with E-state index in [1.165, 1.54) is 10.6 Å². The summed E-state index contributed by atoms with van der Waals surface area (Å²) in [5.41, 5.74) is 0.525. The molecule has 3 aromatic rings. The molecule has 0 saturated heterocycles. The highest BCUT2D eigenvalue weighted by Gasteiger charge is 2.24. The van der Waals surface area contributed by atoms with Crippen molar-refractivity contribution >= 4 is 28.5 Å². The van der Waals surface area contributed by atoms with Gasteiger partial charge < -0.3 is 9.84 Å². The number of benzene rings is 2. The molecular weight excluding hydrogens is 344 g/mol. The molecule has 1 heterocycles. The van der Waals surface area contributed by atoms with Gasteiger partial charge in [0, 0.05) is 17.1 Å². The predicted octanol–water partition coefficient (Wildman–Crippen LogP) is 3.27. The maximum absolute atomic E-state index is 12.7. The Morgan fingerprint density at radius 1 is 1.28 bits per heavy atom. The van der Waals surface area contributed by atoms with Crippen molar-refractivity contribution in [3.8, 4) is 6.01 Å². The van der Waals surface area contributed by atoms with Gasteiger partial charge in [-0.05, 0) is 25.1 Å². The number of carbonyl (C=O) groups is 1. The van der Waals surface area contributed by atoms with Gasteiger partial charge in [-0.15, -0.1) is 0 Å². The molecule has 0 aliphatic rings. The Labute approximate surface area is 148 Å². The van der Waals surface area contributed by atoms with Crippen molar-refractivity contribution in [2.24, 2.45) is 0 Å². The number of carboxylic acid groups (broad SMARTS) is 1. The molecule has 1 atom stereocenters. The summed E-state index contributed by atoms with van der Waals surface area (Å²) in [4.78, 5) is 28.6. The number of hydrogen-bond acceptors (Lipinski definition) is 4. The number of fused-ring (bicyclic) bond motifs is 1. The number of ether oxygens (including phenoxy) is 1. The third kappa shape index (κ3) is 3.34. The third-order valence-electron chi connectivity index (χ3n) is 3.75. The zero-order valence-electron chi connectivity index (χ0n) is 13.3. The molecule has 0 amide bonds. The van der Waals surface area contributed by atoms with Gasteiger partial charge >= 0.3 is 12.0 Å². The normalized spacial score (nSPS) is 12.1. The summed E-state index contributed by atoms with van der Waals surface area (Å²) in [5, 5.41) is 10.3. The van der Waals surface area contributed by atoms with Crippen LogP contribution in [0.2, 0.25) is 5.02 Å². The SMILES string of the molecule is CCn1c(OC(C(=O)O)c2ccccc2)nc2ccc(Cl)cc2c1=O. The summed E-state index contributed by atoms with van der Waals surface area (Å²) in [6.07, 6.45) is -1.27. The first-order valence-corrected chi connectivity index (χ1v) is 8.03. The second-order valence-corrected chi connectivity index (χ2v) is 5.79. The van der Waals surface area contributed by atoms with Crippen LogP contribution in [-0.4, -0.2) is 20.6 Å². The van der Waals surface area contributed by atoms with Gasteiger partial charge in [0.1, 0.15) is 0 Å². The average molecular weight is 359 g/mol. The Kier molecular flexibility index (Phi) is 4.72. The second kappa shape index (κ2) is 6.94. The van der Waals surface area contributed by atoms with Crippen LogP contribution in [0.5, 0.6) is 6.01 Å². The molecule has 0 aliphatic carbocycles. The Hall–Kier alpha value is -2.86. The minimum absolute atomic E-state index is 0.0430. The van der Waals surface area contributed by atoms with E-state index in [9.17, 15) is 14.7 Å². The molecule has 6 nitrogen and oxygen atoms in total. The summed E-state index contributed by atoms with van der Waals surface area (Å²) in [6, 6.07) is 13.2. The Balaban J connectivity index is 2.12.